The van der Waals surface area contributed by atoms with E-state index in [9.17, 15) is 5.11 Å². The molecule has 1 N–H and O–H groups in total. The number of rotatable bonds is 1. The second-order valence-corrected chi connectivity index (χ2v) is 7.91. The molecule has 0 saturated carbocycles. The molecular formula is C21H22BrNO. The monoisotopic (exact) mass is 383 g/mol. The van der Waals surface area contributed by atoms with E-state index in [1.54, 1.807) is 0 Å². The van der Waals surface area contributed by atoms with E-state index in [2.05, 4.69) is 64.3 Å². The Hall–Kier alpha value is -1.42. The van der Waals surface area contributed by atoms with E-state index in [1.165, 1.54) is 0 Å². The molecule has 24 heavy (non-hydrogen) atoms. The molecule has 0 amide bonds. The molecule has 2 aromatic carbocycles. The van der Waals surface area contributed by atoms with Crippen LogP contribution >= 0.6 is 15.9 Å². The van der Waals surface area contributed by atoms with Crippen molar-refractivity contribution in [3.8, 4) is 0 Å². The Morgan fingerprint density at radius 1 is 1.00 bits per heavy atom. The molecule has 2 nitrogen and oxygen atoms in total. The van der Waals surface area contributed by atoms with Gasteiger partial charge in [-0.3, -0.25) is 0 Å². The van der Waals surface area contributed by atoms with Gasteiger partial charge in [0.05, 0.1) is 0 Å². The molecule has 124 valence electrons. The largest absolute Gasteiger partial charge is 0.380 e. The maximum atomic E-state index is 12.1. The molecule has 1 fully saturated rings. The van der Waals surface area contributed by atoms with Crippen molar-refractivity contribution >= 4 is 28.1 Å². The van der Waals surface area contributed by atoms with E-state index < -0.39 is 5.60 Å². The standard InChI is InChI=1S/C21H22BrNO/c1-23-12-10-17(11-13-23)21(24)19-5-3-2-4-15(19)6-7-16-8-9-18(22)14-20(16)21/h2-9,14,17,24H,10-13H2,1H3. The Morgan fingerprint density at radius 3 is 2.42 bits per heavy atom. The average molecular weight is 384 g/mol. The van der Waals surface area contributed by atoms with Gasteiger partial charge < -0.3 is 10.0 Å². The third-order valence-corrected chi connectivity index (χ3v) is 6.04. The van der Waals surface area contributed by atoms with Crippen LogP contribution in [0.4, 0.5) is 0 Å². The molecule has 1 saturated heterocycles. The number of piperidine rings is 1. The lowest BCUT2D eigenvalue weighted by molar-refractivity contribution is -0.0111. The summed E-state index contributed by atoms with van der Waals surface area (Å²) in [5.74, 6) is 0.225. The highest BCUT2D eigenvalue weighted by molar-refractivity contribution is 9.10. The molecule has 1 unspecified atom stereocenters. The molecule has 0 radical (unpaired) electrons. The molecule has 1 heterocycles. The first-order chi connectivity index (χ1) is 11.6. The fraction of sp³-hybridized carbons (Fsp3) is 0.333. The van der Waals surface area contributed by atoms with Crippen molar-refractivity contribution in [1.29, 1.82) is 0 Å². The zero-order valence-corrected chi connectivity index (χ0v) is 15.5. The van der Waals surface area contributed by atoms with Crippen molar-refractivity contribution in [1.82, 2.24) is 4.90 Å². The first-order valence-electron chi connectivity index (χ1n) is 8.57. The van der Waals surface area contributed by atoms with Crippen LogP contribution in [0.15, 0.2) is 46.9 Å². The number of likely N-dealkylation sites (tertiary alicyclic amines) is 1. The van der Waals surface area contributed by atoms with E-state index >= 15 is 0 Å². The predicted molar refractivity (Wildman–Crippen MR) is 103 cm³/mol. The molecule has 0 aromatic heterocycles. The second-order valence-electron chi connectivity index (χ2n) is 7.00. The molecular weight excluding hydrogens is 362 g/mol. The Morgan fingerprint density at radius 2 is 1.67 bits per heavy atom. The van der Waals surface area contributed by atoms with Gasteiger partial charge in [-0.25, -0.2) is 0 Å². The van der Waals surface area contributed by atoms with Crippen LogP contribution in [-0.4, -0.2) is 30.1 Å². The lowest BCUT2D eigenvalue weighted by Crippen LogP contribution is -2.43. The second kappa shape index (κ2) is 6.14. The van der Waals surface area contributed by atoms with Crippen LogP contribution in [0.2, 0.25) is 0 Å². The summed E-state index contributed by atoms with van der Waals surface area (Å²) in [6.45, 7) is 2.07. The van der Waals surface area contributed by atoms with E-state index in [0.717, 1.165) is 52.7 Å². The maximum absolute atomic E-state index is 12.1. The Balaban J connectivity index is 1.94. The summed E-state index contributed by atoms with van der Waals surface area (Å²) >= 11 is 3.60. The van der Waals surface area contributed by atoms with Gasteiger partial charge in [0.15, 0.2) is 0 Å². The Labute approximate surface area is 151 Å². The van der Waals surface area contributed by atoms with Crippen LogP contribution in [0, 0.1) is 5.92 Å². The van der Waals surface area contributed by atoms with Gasteiger partial charge in [-0.15, -0.1) is 0 Å². The fourth-order valence-electron chi connectivity index (χ4n) is 4.18. The van der Waals surface area contributed by atoms with Crippen LogP contribution in [-0.2, 0) is 5.60 Å². The van der Waals surface area contributed by atoms with Crippen molar-refractivity contribution in [2.75, 3.05) is 20.1 Å². The summed E-state index contributed by atoms with van der Waals surface area (Å²) < 4.78 is 1.01. The number of hydrogen-bond donors (Lipinski definition) is 1. The topological polar surface area (TPSA) is 23.5 Å². The number of fused-ring (bicyclic) bond motifs is 2. The summed E-state index contributed by atoms with van der Waals surface area (Å²) in [5, 5.41) is 12.1. The number of nitrogens with zero attached hydrogens (tertiary/aromatic N) is 1. The quantitative estimate of drug-likeness (QED) is 0.782. The smallest absolute Gasteiger partial charge is 0.119 e. The summed E-state index contributed by atoms with van der Waals surface area (Å²) in [6.07, 6.45) is 6.28. The molecule has 2 aromatic rings. The summed E-state index contributed by atoms with van der Waals surface area (Å²) in [5.41, 5.74) is 3.34. The van der Waals surface area contributed by atoms with E-state index in [4.69, 9.17) is 0 Å². The van der Waals surface area contributed by atoms with Crippen molar-refractivity contribution in [2.24, 2.45) is 5.92 Å². The minimum atomic E-state index is -0.944. The summed E-state index contributed by atoms with van der Waals surface area (Å²) in [4.78, 5) is 2.35. The van der Waals surface area contributed by atoms with Crippen LogP contribution in [0.1, 0.15) is 35.1 Å². The molecule has 1 aliphatic carbocycles. The van der Waals surface area contributed by atoms with Gasteiger partial charge in [0.2, 0.25) is 0 Å². The van der Waals surface area contributed by atoms with Gasteiger partial charge >= 0.3 is 0 Å². The average Bonchev–Trinajstić information content (AvgIpc) is 2.72. The number of benzene rings is 2. The molecule has 1 aliphatic heterocycles. The summed E-state index contributed by atoms with van der Waals surface area (Å²) in [6, 6.07) is 14.5. The van der Waals surface area contributed by atoms with Gasteiger partial charge in [-0.2, -0.15) is 0 Å². The predicted octanol–water partition coefficient (Wildman–Crippen LogP) is 4.51. The van der Waals surface area contributed by atoms with Crippen LogP contribution in [0.3, 0.4) is 0 Å². The first-order valence-corrected chi connectivity index (χ1v) is 9.37. The van der Waals surface area contributed by atoms with Crippen LogP contribution in [0.5, 0.6) is 0 Å². The minimum Gasteiger partial charge on any atom is -0.380 e. The summed E-state index contributed by atoms with van der Waals surface area (Å²) in [7, 11) is 2.16. The highest BCUT2D eigenvalue weighted by atomic mass is 79.9. The zero-order valence-electron chi connectivity index (χ0n) is 13.9. The fourth-order valence-corrected chi connectivity index (χ4v) is 4.55. The minimum absolute atomic E-state index is 0.225. The zero-order chi connectivity index (χ0) is 16.7. The SMILES string of the molecule is CN1CCC(C2(O)c3ccccc3C=Cc3ccc(Br)cc32)CC1. The Kier molecular flexibility index (Phi) is 4.11. The van der Waals surface area contributed by atoms with Gasteiger partial charge in [0, 0.05) is 4.47 Å². The van der Waals surface area contributed by atoms with Gasteiger partial charge in [-0.05, 0) is 73.3 Å². The first kappa shape index (κ1) is 16.1. The lowest BCUT2D eigenvalue weighted by Gasteiger charge is -2.42. The van der Waals surface area contributed by atoms with Crippen LogP contribution in [0.25, 0.3) is 12.2 Å². The molecule has 2 aliphatic rings. The molecule has 0 bridgehead atoms. The number of halogens is 1. The molecule has 3 heteroatoms. The van der Waals surface area contributed by atoms with Gasteiger partial charge in [0.1, 0.15) is 5.60 Å². The molecule has 4 rings (SSSR count). The molecule has 1 atom stereocenters. The highest BCUT2D eigenvalue weighted by Gasteiger charge is 2.44. The van der Waals surface area contributed by atoms with Gasteiger partial charge in [0.25, 0.3) is 0 Å². The van der Waals surface area contributed by atoms with E-state index in [0.29, 0.717) is 0 Å². The van der Waals surface area contributed by atoms with Crippen LogP contribution < -0.4 is 0 Å². The highest BCUT2D eigenvalue weighted by Crippen LogP contribution is 2.47. The Bertz CT molecular complexity index is 792. The lowest BCUT2D eigenvalue weighted by atomic mass is 9.70. The maximum Gasteiger partial charge on any atom is 0.119 e. The van der Waals surface area contributed by atoms with Crippen molar-refractivity contribution in [3.63, 3.8) is 0 Å². The molecule has 0 spiro atoms. The third-order valence-electron chi connectivity index (χ3n) is 5.55. The number of aliphatic hydroxyl groups is 1. The van der Waals surface area contributed by atoms with E-state index in [1.807, 2.05) is 18.2 Å². The van der Waals surface area contributed by atoms with Crippen molar-refractivity contribution in [2.45, 2.75) is 18.4 Å². The third kappa shape index (κ3) is 2.55. The normalized spacial score (nSPS) is 24.3. The van der Waals surface area contributed by atoms with Crippen molar-refractivity contribution < 1.29 is 5.11 Å². The number of hydrogen-bond acceptors (Lipinski definition) is 2. The van der Waals surface area contributed by atoms with E-state index in [-0.39, 0.29) is 5.92 Å². The van der Waals surface area contributed by atoms with Crippen molar-refractivity contribution in [3.05, 3.63) is 69.2 Å². The van der Waals surface area contributed by atoms with Gasteiger partial charge in [-0.1, -0.05) is 58.4 Å².